The van der Waals surface area contributed by atoms with Gasteiger partial charge in [0.15, 0.2) is 11.5 Å². The van der Waals surface area contributed by atoms with Gasteiger partial charge in [0.1, 0.15) is 12.6 Å². The van der Waals surface area contributed by atoms with Gasteiger partial charge in [-0.05, 0) is 60.3 Å². The van der Waals surface area contributed by atoms with Gasteiger partial charge in [0.05, 0.1) is 20.3 Å². The smallest absolute Gasteiger partial charge is 0.320 e. The molecule has 1 saturated heterocycles. The zero-order chi connectivity index (χ0) is 25.7. The van der Waals surface area contributed by atoms with Crippen LogP contribution in [0.5, 0.6) is 17.2 Å². The number of likely N-dealkylation sites (tertiary alicyclic amines) is 1. The van der Waals surface area contributed by atoms with Gasteiger partial charge in [-0.15, -0.1) is 0 Å². The summed E-state index contributed by atoms with van der Waals surface area (Å²) in [4.78, 5) is 14.2. The maximum Gasteiger partial charge on any atom is 0.320 e. The average molecular weight is 530 g/mol. The van der Waals surface area contributed by atoms with E-state index in [-0.39, 0.29) is 0 Å². The number of carbonyl (C=O) groups is 1. The van der Waals surface area contributed by atoms with Crippen molar-refractivity contribution in [2.75, 3.05) is 20.8 Å². The van der Waals surface area contributed by atoms with Crippen LogP contribution in [0.1, 0.15) is 42.0 Å². The highest BCUT2D eigenvalue weighted by atomic mass is 35.5. The number of benzene rings is 3. The lowest BCUT2D eigenvalue weighted by molar-refractivity contribution is -0.145. The molecule has 1 aliphatic rings. The molecule has 8 heteroatoms. The van der Waals surface area contributed by atoms with Crippen molar-refractivity contribution >= 4 is 29.2 Å². The summed E-state index contributed by atoms with van der Waals surface area (Å²) in [6.45, 7) is 0.948. The van der Waals surface area contributed by atoms with Crippen molar-refractivity contribution in [3.63, 3.8) is 0 Å². The molecule has 36 heavy (non-hydrogen) atoms. The van der Waals surface area contributed by atoms with E-state index in [9.17, 15) is 9.90 Å². The average Bonchev–Trinajstić information content (AvgIpc) is 2.89. The van der Waals surface area contributed by atoms with Crippen LogP contribution in [-0.4, -0.2) is 42.8 Å². The Morgan fingerprint density at radius 2 is 1.72 bits per heavy atom. The molecule has 190 valence electrons. The van der Waals surface area contributed by atoms with Crippen LogP contribution in [-0.2, 0) is 11.4 Å². The summed E-state index contributed by atoms with van der Waals surface area (Å²) < 4.78 is 17.6. The Morgan fingerprint density at radius 3 is 2.33 bits per heavy atom. The highest BCUT2D eigenvalue weighted by molar-refractivity contribution is 6.35. The lowest BCUT2D eigenvalue weighted by Gasteiger charge is -2.40. The molecule has 0 aliphatic carbocycles. The van der Waals surface area contributed by atoms with Gasteiger partial charge in [0.25, 0.3) is 0 Å². The minimum Gasteiger partial charge on any atom is -0.493 e. The summed E-state index contributed by atoms with van der Waals surface area (Å²) in [5, 5.41) is 11.0. The topological polar surface area (TPSA) is 68.2 Å². The number of aliphatic carboxylic acids is 1. The Bertz CT molecular complexity index is 1180. The zero-order valence-electron chi connectivity index (χ0n) is 20.2. The van der Waals surface area contributed by atoms with Crippen molar-refractivity contribution in [3.05, 3.63) is 87.4 Å². The van der Waals surface area contributed by atoms with Gasteiger partial charge in [-0.2, -0.15) is 0 Å². The summed E-state index contributed by atoms with van der Waals surface area (Å²) >= 11 is 12.9. The number of nitrogens with zero attached hydrogens (tertiary/aromatic N) is 1. The number of ether oxygens (including phenoxy) is 3. The summed E-state index contributed by atoms with van der Waals surface area (Å²) in [5.74, 6) is 0.590. The number of halogens is 2. The Morgan fingerprint density at radius 1 is 1.03 bits per heavy atom. The molecule has 3 aromatic rings. The molecule has 0 bridgehead atoms. The van der Waals surface area contributed by atoms with E-state index in [1.165, 1.54) is 0 Å². The zero-order valence-corrected chi connectivity index (χ0v) is 21.8. The van der Waals surface area contributed by atoms with Crippen LogP contribution < -0.4 is 14.2 Å². The van der Waals surface area contributed by atoms with Crippen molar-refractivity contribution < 1.29 is 24.1 Å². The highest BCUT2D eigenvalue weighted by Crippen LogP contribution is 2.45. The lowest BCUT2D eigenvalue weighted by Crippen LogP contribution is -2.46. The molecule has 0 aromatic heterocycles. The van der Waals surface area contributed by atoms with E-state index in [1.807, 2.05) is 53.4 Å². The summed E-state index contributed by atoms with van der Waals surface area (Å²) in [7, 11) is 3.14. The first-order chi connectivity index (χ1) is 17.4. The van der Waals surface area contributed by atoms with Gasteiger partial charge in [-0.25, -0.2) is 0 Å². The number of piperidine rings is 1. The fourth-order valence-electron chi connectivity index (χ4n) is 4.73. The third kappa shape index (κ3) is 5.72. The first-order valence-electron chi connectivity index (χ1n) is 11.8. The molecule has 1 fully saturated rings. The van der Waals surface area contributed by atoms with Crippen molar-refractivity contribution in [1.29, 1.82) is 0 Å². The second-order valence-electron chi connectivity index (χ2n) is 8.68. The minimum absolute atomic E-state index is 0.340. The van der Waals surface area contributed by atoms with E-state index in [2.05, 4.69) is 0 Å². The van der Waals surface area contributed by atoms with Gasteiger partial charge in [0.2, 0.25) is 5.75 Å². The molecule has 4 rings (SSSR count). The molecule has 1 N–H and O–H groups in total. The summed E-state index contributed by atoms with van der Waals surface area (Å²) in [5.41, 5.74) is 2.55. The molecule has 2 unspecified atom stereocenters. The second kappa shape index (κ2) is 11.9. The minimum atomic E-state index is -0.855. The van der Waals surface area contributed by atoms with Crippen LogP contribution in [0, 0.1) is 0 Å². The van der Waals surface area contributed by atoms with Crippen molar-refractivity contribution in [1.82, 2.24) is 4.90 Å². The van der Waals surface area contributed by atoms with Crippen molar-refractivity contribution in [2.45, 2.75) is 38.0 Å². The number of carboxylic acids is 1. The first kappa shape index (κ1) is 26.1. The number of carboxylic acid groups (broad SMARTS) is 1. The molecular weight excluding hydrogens is 501 g/mol. The van der Waals surface area contributed by atoms with E-state index in [0.29, 0.717) is 46.9 Å². The largest absolute Gasteiger partial charge is 0.493 e. The summed E-state index contributed by atoms with van der Waals surface area (Å²) in [6, 6.07) is 17.7. The number of hydrogen-bond donors (Lipinski definition) is 1. The molecule has 0 saturated carbocycles. The predicted molar refractivity (Wildman–Crippen MR) is 141 cm³/mol. The number of rotatable bonds is 9. The van der Waals surface area contributed by atoms with E-state index < -0.39 is 18.1 Å². The van der Waals surface area contributed by atoms with Crippen LogP contribution in [0.15, 0.2) is 60.7 Å². The van der Waals surface area contributed by atoms with Crippen LogP contribution in [0.25, 0.3) is 0 Å². The second-order valence-corrected chi connectivity index (χ2v) is 9.53. The lowest BCUT2D eigenvalue weighted by atomic mass is 9.91. The maximum absolute atomic E-state index is 12.2. The Kier molecular flexibility index (Phi) is 8.62. The Labute approximate surface area is 221 Å². The normalized spacial score (nSPS) is 16.8. The quantitative estimate of drug-likeness (QED) is 0.336. The van der Waals surface area contributed by atoms with Gasteiger partial charge in [0, 0.05) is 10.0 Å². The van der Waals surface area contributed by atoms with E-state index in [0.717, 1.165) is 29.5 Å². The monoisotopic (exact) mass is 529 g/mol. The summed E-state index contributed by atoms with van der Waals surface area (Å²) in [6.07, 6.45) is 2.30. The third-order valence-electron chi connectivity index (χ3n) is 6.44. The highest BCUT2D eigenvalue weighted by Gasteiger charge is 2.37. The molecule has 3 aromatic carbocycles. The molecule has 1 heterocycles. The number of methoxy groups -OCH3 is 2. The van der Waals surface area contributed by atoms with Crippen LogP contribution >= 0.6 is 23.2 Å². The van der Waals surface area contributed by atoms with E-state index >= 15 is 0 Å². The van der Waals surface area contributed by atoms with Crippen LogP contribution in [0.4, 0.5) is 0 Å². The molecule has 1 aliphatic heterocycles. The van der Waals surface area contributed by atoms with Crippen LogP contribution in [0.3, 0.4) is 0 Å². The third-order valence-corrected chi connectivity index (χ3v) is 7.01. The van der Waals surface area contributed by atoms with Gasteiger partial charge < -0.3 is 19.3 Å². The standard InChI is InChI=1S/C28H29Cl2NO5/c1-34-24-14-19(15-25(35-2)27(24)36-17-18-8-4-3-5-9-18)26(21-12-11-20(29)16-22(21)30)31-13-7-6-10-23(31)28(32)33/h3-5,8-9,11-12,14-16,23,26H,6-7,10,13,17H2,1-2H3,(H,32,33). The van der Waals surface area contributed by atoms with Crippen LogP contribution in [0.2, 0.25) is 10.0 Å². The fourth-order valence-corrected chi connectivity index (χ4v) is 5.24. The fraction of sp³-hybridized carbons (Fsp3) is 0.321. The first-order valence-corrected chi connectivity index (χ1v) is 12.5. The van der Waals surface area contributed by atoms with E-state index in [1.54, 1.807) is 26.4 Å². The van der Waals surface area contributed by atoms with Gasteiger partial charge >= 0.3 is 5.97 Å². The SMILES string of the molecule is COc1cc(C(c2ccc(Cl)cc2Cl)N2CCCCC2C(=O)O)cc(OC)c1OCc1ccccc1. The Hall–Kier alpha value is -2.93. The molecule has 0 radical (unpaired) electrons. The number of hydrogen-bond acceptors (Lipinski definition) is 5. The van der Waals surface area contributed by atoms with Gasteiger partial charge in [-0.1, -0.05) is 66.0 Å². The maximum atomic E-state index is 12.2. The molecule has 6 nitrogen and oxygen atoms in total. The van der Waals surface area contributed by atoms with Crippen molar-refractivity contribution in [3.8, 4) is 17.2 Å². The molecule has 0 amide bonds. The predicted octanol–water partition coefficient (Wildman–Crippen LogP) is 6.62. The van der Waals surface area contributed by atoms with Crippen molar-refractivity contribution in [2.24, 2.45) is 0 Å². The van der Waals surface area contributed by atoms with E-state index in [4.69, 9.17) is 37.4 Å². The molecular formula is C28H29Cl2NO5. The van der Waals surface area contributed by atoms with Gasteiger partial charge in [-0.3, -0.25) is 9.69 Å². The molecule has 0 spiro atoms. The Balaban J connectivity index is 1.81. The molecule has 2 atom stereocenters.